The third-order valence-electron chi connectivity index (χ3n) is 3.65. The first-order valence-corrected chi connectivity index (χ1v) is 7.39. The molecule has 1 aromatic carbocycles. The molecule has 0 bridgehead atoms. The zero-order valence-electron chi connectivity index (χ0n) is 13.6. The lowest BCUT2D eigenvalue weighted by molar-refractivity contribution is 0.544. The highest BCUT2D eigenvalue weighted by molar-refractivity contribution is 5.52. The van der Waals surface area contributed by atoms with Gasteiger partial charge in [-0.05, 0) is 18.6 Å². The maximum atomic E-state index is 6.02. The van der Waals surface area contributed by atoms with E-state index in [1.54, 1.807) is 0 Å². The standard InChI is InChI=1S/C17H26N4/c1-12-8-6-7-9-14(12)19-15(10-18)13-11-21(5)20-16(13)17(2,3)4/h6-9,11,15,19H,10,18H2,1-5H3. The Labute approximate surface area is 127 Å². The van der Waals surface area contributed by atoms with Crippen LogP contribution in [0.5, 0.6) is 0 Å². The van der Waals surface area contributed by atoms with E-state index in [0.717, 1.165) is 11.4 Å². The lowest BCUT2D eigenvalue weighted by Gasteiger charge is -2.24. The summed E-state index contributed by atoms with van der Waals surface area (Å²) in [6.45, 7) is 9.17. The first kappa shape index (κ1) is 15.6. The number of nitrogens with two attached hydrogens (primary N) is 1. The fraction of sp³-hybridized carbons (Fsp3) is 0.471. The molecule has 4 nitrogen and oxygen atoms in total. The quantitative estimate of drug-likeness (QED) is 0.908. The van der Waals surface area contributed by atoms with Crippen molar-refractivity contribution in [2.75, 3.05) is 11.9 Å². The summed E-state index contributed by atoms with van der Waals surface area (Å²) in [7, 11) is 1.96. The van der Waals surface area contributed by atoms with Crippen molar-refractivity contribution in [2.45, 2.75) is 39.2 Å². The van der Waals surface area contributed by atoms with Gasteiger partial charge in [-0.25, -0.2) is 0 Å². The van der Waals surface area contributed by atoms with Gasteiger partial charge in [-0.2, -0.15) is 5.10 Å². The van der Waals surface area contributed by atoms with Crippen LogP contribution in [0, 0.1) is 6.92 Å². The Balaban J connectivity index is 2.37. The van der Waals surface area contributed by atoms with Gasteiger partial charge in [0, 0.05) is 36.5 Å². The smallest absolute Gasteiger partial charge is 0.0731 e. The fourth-order valence-electron chi connectivity index (χ4n) is 2.53. The molecule has 0 amide bonds. The van der Waals surface area contributed by atoms with Gasteiger partial charge in [0.1, 0.15) is 0 Å². The molecule has 114 valence electrons. The Hall–Kier alpha value is -1.81. The molecule has 4 heteroatoms. The van der Waals surface area contributed by atoms with E-state index in [1.165, 1.54) is 11.1 Å². The van der Waals surface area contributed by atoms with Crippen LogP contribution in [0.4, 0.5) is 5.69 Å². The molecule has 1 heterocycles. The van der Waals surface area contributed by atoms with Gasteiger partial charge in [0.15, 0.2) is 0 Å². The van der Waals surface area contributed by atoms with Crippen molar-refractivity contribution in [1.82, 2.24) is 9.78 Å². The van der Waals surface area contributed by atoms with E-state index in [2.05, 4.69) is 56.4 Å². The molecule has 2 aromatic rings. The van der Waals surface area contributed by atoms with Gasteiger partial charge in [-0.1, -0.05) is 39.0 Å². The third-order valence-corrected chi connectivity index (χ3v) is 3.65. The zero-order chi connectivity index (χ0) is 15.6. The summed E-state index contributed by atoms with van der Waals surface area (Å²) in [4.78, 5) is 0. The number of aromatic nitrogens is 2. The minimum absolute atomic E-state index is 0.00255. The predicted molar refractivity (Wildman–Crippen MR) is 88.5 cm³/mol. The average molecular weight is 286 g/mol. The minimum Gasteiger partial charge on any atom is -0.377 e. The molecule has 0 fully saturated rings. The van der Waals surface area contributed by atoms with Gasteiger partial charge in [0.25, 0.3) is 0 Å². The monoisotopic (exact) mass is 286 g/mol. The summed E-state index contributed by atoms with van der Waals surface area (Å²) in [5, 5.41) is 8.20. The fourth-order valence-corrected chi connectivity index (χ4v) is 2.53. The van der Waals surface area contributed by atoms with Crippen molar-refractivity contribution in [3.8, 4) is 0 Å². The minimum atomic E-state index is -0.00255. The topological polar surface area (TPSA) is 55.9 Å². The van der Waals surface area contributed by atoms with E-state index in [9.17, 15) is 0 Å². The molecule has 0 spiro atoms. The van der Waals surface area contributed by atoms with E-state index in [1.807, 2.05) is 23.9 Å². The van der Waals surface area contributed by atoms with Gasteiger partial charge in [0.2, 0.25) is 0 Å². The maximum Gasteiger partial charge on any atom is 0.0731 e. The number of para-hydroxylation sites is 1. The molecule has 3 N–H and O–H groups in total. The second kappa shape index (κ2) is 5.90. The van der Waals surface area contributed by atoms with Crippen LogP contribution in [-0.4, -0.2) is 16.3 Å². The number of rotatable bonds is 4. The normalized spacial score (nSPS) is 13.2. The number of nitrogens with one attached hydrogen (secondary N) is 1. The van der Waals surface area contributed by atoms with Crippen molar-refractivity contribution in [2.24, 2.45) is 12.8 Å². The van der Waals surface area contributed by atoms with Gasteiger partial charge in [0.05, 0.1) is 11.7 Å². The highest BCUT2D eigenvalue weighted by Crippen LogP contribution is 2.30. The second-order valence-electron chi connectivity index (χ2n) is 6.60. The largest absolute Gasteiger partial charge is 0.377 e. The Morgan fingerprint density at radius 3 is 2.52 bits per heavy atom. The van der Waals surface area contributed by atoms with E-state index in [0.29, 0.717) is 6.54 Å². The Morgan fingerprint density at radius 1 is 1.29 bits per heavy atom. The summed E-state index contributed by atoms with van der Waals surface area (Å²) in [5.41, 5.74) is 10.6. The average Bonchev–Trinajstić information content (AvgIpc) is 2.80. The highest BCUT2D eigenvalue weighted by Gasteiger charge is 2.26. The van der Waals surface area contributed by atoms with Gasteiger partial charge < -0.3 is 11.1 Å². The molecule has 0 aliphatic heterocycles. The Kier molecular flexibility index (Phi) is 4.37. The first-order chi connectivity index (χ1) is 9.82. The van der Waals surface area contributed by atoms with Gasteiger partial charge >= 0.3 is 0 Å². The van der Waals surface area contributed by atoms with Crippen molar-refractivity contribution in [3.63, 3.8) is 0 Å². The summed E-state index contributed by atoms with van der Waals surface area (Å²) >= 11 is 0. The SMILES string of the molecule is Cc1ccccc1NC(CN)c1cn(C)nc1C(C)(C)C. The van der Waals surface area contributed by atoms with Crippen LogP contribution in [-0.2, 0) is 12.5 Å². The molecule has 1 aromatic heterocycles. The van der Waals surface area contributed by atoms with Crippen molar-refractivity contribution in [3.05, 3.63) is 47.3 Å². The van der Waals surface area contributed by atoms with Crippen LogP contribution >= 0.6 is 0 Å². The van der Waals surface area contributed by atoms with Crippen LogP contribution in [0.2, 0.25) is 0 Å². The van der Waals surface area contributed by atoms with E-state index >= 15 is 0 Å². The molecule has 0 aliphatic carbocycles. The molecule has 0 saturated carbocycles. The molecule has 0 saturated heterocycles. The number of hydrogen-bond acceptors (Lipinski definition) is 3. The van der Waals surface area contributed by atoms with Gasteiger partial charge in [-0.15, -0.1) is 0 Å². The molecule has 0 aliphatic rings. The molecule has 21 heavy (non-hydrogen) atoms. The molecule has 0 radical (unpaired) electrons. The summed E-state index contributed by atoms with van der Waals surface area (Å²) in [6, 6.07) is 8.34. The first-order valence-electron chi connectivity index (χ1n) is 7.39. The van der Waals surface area contributed by atoms with Crippen molar-refractivity contribution in [1.29, 1.82) is 0 Å². The lowest BCUT2D eigenvalue weighted by Crippen LogP contribution is -2.24. The molecule has 1 unspecified atom stereocenters. The molecule has 1 atom stereocenters. The van der Waals surface area contributed by atoms with Crippen LogP contribution < -0.4 is 11.1 Å². The van der Waals surface area contributed by atoms with E-state index < -0.39 is 0 Å². The van der Waals surface area contributed by atoms with Crippen LogP contribution in [0.3, 0.4) is 0 Å². The van der Waals surface area contributed by atoms with E-state index in [4.69, 9.17) is 5.73 Å². The number of nitrogens with zero attached hydrogens (tertiary/aromatic N) is 2. The van der Waals surface area contributed by atoms with Gasteiger partial charge in [-0.3, -0.25) is 4.68 Å². The maximum absolute atomic E-state index is 6.02. The summed E-state index contributed by atoms with van der Waals surface area (Å²) < 4.78 is 1.87. The van der Waals surface area contributed by atoms with Crippen LogP contribution in [0.15, 0.2) is 30.5 Å². The molecule has 2 rings (SSSR count). The third kappa shape index (κ3) is 3.45. The second-order valence-corrected chi connectivity index (χ2v) is 6.60. The van der Waals surface area contributed by atoms with Crippen molar-refractivity contribution >= 4 is 5.69 Å². The summed E-state index contributed by atoms with van der Waals surface area (Å²) in [6.07, 6.45) is 2.07. The van der Waals surface area contributed by atoms with Crippen molar-refractivity contribution < 1.29 is 0 Å². The summed E-state index contributed by atoms with van der Waals surface area (Å²) in [5.74, 6) is 0. The molecular formula is C17H26N4. The Morgan fingerprint density at radius 2 is 1.95 bits per heavy atom. The highest BCUT2D eigenvalue weighted by atomic mass is 15.3. The number of anilines is 1. The molecular weight excluding hydrogens is 260 g/mol. The lowest BCUT2D eigenvalue weighted by atomic mass is 9.87. The number of hydrogen-bond donors (Lipinski definition) is 2. The number of benzene rings is 1. The number of aryl methyl sites for hydroxylation is 2. The predicted octanol–water partition coefficient (Wildman–Crippen LogP) is 3.14. The Bertz CT molecular complexity index is 607. The van der Waals surface area contributed by atoms with E-state index in [-0.39, 0.29) is 11.5 Å². The van der Waals surface area contributed by atoms with Crippen LogP contribution in [0.25, 0.3) is 0 Å². The van der Waals surface area contributed by atoms with Crippen LogP contribution in [0.1, 0.15) is 43.6 Å². The zero-order valence-corrected chi connectivity index (χ0v) is 13.6.